The molecular formula is C17H16FN3O3S2. The first-order chi connectivity index (χ1) is 12.3. The fourth-order valence-corrected chi connectivity index (χ4v) is 3.85. The number of carbonyl (C=O) groups excluding carboxylic acids is 1. The highest BCUT2D eigenvalue weighted by atomic mass is 32.2. The van der Waals surface area contributed by atoms with Gasteiger partial charge in [-0.05, 0) is 23.3 Å². The van der Waals surface area contributed by atoms with Gasteiger partial charge in [0.1, 0.15) is 10.5 Å². The quantitative estimate of drug-likeness (QED) is 0.669. The zero-order valence-corrected chi connectivity index (χ0v) is 15.2. The molecule has 0 spiro atoms. The Hall–Kier alpha value is -2.36. The van der Waals surface area contributed by atoms with Gasteiger partial charge in [0, 0.05) is 6.54 Å². The first kappa shape index (κ1) is 18.4. The topological polar surface area (TPSA) is 102 Å². The lowest BCUT2D eigenvalue weighted by Crippen LogP contribution is -2.32. The number of primary sulfonamides is 1. The summed E-state index contributed by atoms with van der Waals surface area (Å²) in [6.07, 6.45) is -0.0515. The number of hydrogen-bond acceptors (Lipinski definition) is 5. The van der Waals surface area contributed by atoms with E-state index in [1.54, 1.807) is 0 Å². The smallest absolute Gasteiger partial charge is 0.226 e. The van der Waals surface area contributed by atoms with Crippen LogP contribution in [0.2, 0.25) is 0 Å². The van der Waals surface area contributed by atoms with Crippen LogP contribution in [0.3, 0.4) is 0 Å². The summed E-state index contributed by atoms with van der Waals surface area (Å²) in [4.78, 5) is 16.1. The van der Waals surface area contributed by atoms with E-state index in [1.165, 1.54) is 17.4 Å². The Morgan fingerprint density at radius 3 is 2.62 bits per heavy atom. The summed E-state index contributed by atoms with van der Waals surface area (Å²) in [5.41, 5.74) is 1.86. The molecule has 1 aromatic heterocycles. The second kappa shape index (κ2) is 7.48. The van der Waals surface area contributed by atoms with E-state index in [0.29, 0.717) is 9.71 Å². The second-order valence-corrected chi connectivity index (χ2v) is 8.52. The van der Waals surface area contributed by atoms with Gasteiger partial charge >= 0.3 is 0 Å². The van der Waals surface area contributed by atoms with Crippen molar-refractivity contribution in [3.8, 4) is 11.1 Å². The summed E-state index contributed by atoms with van der Waals surface area (Å²) in [6, 6.07) is 12.7. The average Bonchev–Trinajstić information content (AvgIpc) is 2.97. The summed E-state index contributed by atoms with van der Waals surface area (Å²) >= 11 is 1.23. The molecule has 0 aliphatic carbocycles. The SMILES string of the molecule is NS(=O)(=O)CCNC(=O)Cc1nc2c(F)cc(-c3ccccc3)cc2s1. The molecule has 1 heterocycles. The Morgan fingerprint density at radius 1 is 1.19 bits per heavy atom. The maximum atomic E-state index is 14.4. The third-order valence-corrected chi connectivity index (χ3v) is 5.40. The molecule has 0 aliphatic heterocycles. The molecule has 3 aromatic rings. The van der Waals surface area contributed by atoms with Gasteiger partial charge < -0.3 is 5.32 Å². The number of nitrogens with two attached hydrogens (primary N) is 1. The molecule has 136 valence electrons. The standard InChI is InChI=1S/C17H16FN3O3S2/c18-13-8-12(11-4-2-1-3-5-11)9-14-17(13)21-16(25-14)10-15(22)20-6-7-26(19,23)24/h1-5,8-9H,6-7,10H2,(H,20,22)(H2,19,23,24). The van der Waals surface area contributed by atoms with E-state index in [0.717, 1.165) is 11.1 Å². The number of halogens is 1. The van der Waals surface area contributed by atoms with Gasteiger partial charge in [0.05, 0.1) is 16.9 Å². The van der Waals surface area contributed by atoms with Crippen molar-refractivity contribution < 1.29 is 17.6 Å². The molecule has 0 radical (unpaired) electrons. The monoisotopic (exact) mass is 393 g/mol. The predicted octanol–water partition coefficient (Wildman–Crippen LogP) is 2.05. The van der Waals surface area contributed by atoms with E-state index in [2.05, 4.69) is 10.3 Å². The molecule has 9 heteroatoms. The first-order valence-electron chi connectivity index (χ1n) is 7.73. The van der Waals surface area contributed by atoms with Gasteiger partial charge in [-0.25, -0.2) is 22.9 Å². The maximum Gasteiger partial charge on any atom is 0.226 e. The van der Waals surface area contributed by atoms with E-state index in [-0.39, 0.29) is 24.2 Å². The summed E-state index contributed by atoms with van der Waals surface area (Å²) in [6.45, 7) is -0.0743. The highest BCUT2D eigenvalue weighted by Gasteiger charge is 2.14. The number of carbonyl (C=O) groups is 1. The largest absolute Gasteiger partial charge is 0.355 e. The fraction of sp³-hybridized carbons (Fsp3) is 0.176. The van der Waals surface area contributed by atoms with Crippen LogP contribution in [0.25, 0.3) is 21.3 Å². The molecule has 2 aromatic carbocycles. The Kier molecular flexibility index (Phi) is 5.30. The molecule has 3 N–H and O–H groups in total. The number of hydrogen-bond donors (Lipinski definition) is 2. The van der Waals surface area contributed by atoms with Crippen LogP contribution in [0.5, 0.6) is 0 Å². The van der Waals surface area contributed by atoms with Gasteiger partial charge in [-0.2, -0.15) is 0 Å². The highest BCUT2D eigenvalue weighted by molar-refractivity contribution is 7.89. The average molecular weight is 393 g/mol. The van der Waals surface area contributed by atoms with Crippen LogP contribution in [0.4, 0.5) is 4.39 Å². The third kappa shape index (κ3) is 4.63. The van der Waals surface area contributed by atoms with Gasteiger partial charge in [-0.1, -0.05) is 30.3 Å². The van der Waals surface area contributed by atoms with E-state index in [9.17, 15) is 17.6 Å². The third-order valence-electron chi connectivity index (χ3n) is 3.62. The number of rotatable bonds is 6. The maximum absolute atomic E-state index is 14.4. The van der Waals surface area contributed by atoms with Crippen LogP contribution < -0.4 is 10.5 Å². The Labute approximate surface area is 153 Å². The van der Waals surface area contributed by atoms with Crippen molar-refractivity contribution >= 4 is 37.5 Å². The summed E-state index contributed by atoms with van der Waals surface area (Å²) in [5, 5.41) is 7.79. The number of fused-ring (bicyclic) bond motifs is 1. The van der Waals surface area contributed by atoms with Gasteiger partial charge in [-0.15, -0.1) is 11.3 Å². The van der Waals surface area contributed by atoms with Crippen LogP contribution in [0.1, 0.15) is 5.01 Å². The first-order valence-corrected chi connectivity index (χ1v) is 10.3. The Bertz CT molecular complexity index is 1050. The summed E-state index contributed by atoms with van der Waals surface area (Å²) < 4.78 is 36.7. The summed E-state index contributed by atoms with van der Waals surface area (Å²) in [7, 11) is -3.63. The fourth-order valence-electron chi connectivity index (χ4n) is 2.44. The van der Waals surface area contributed by atoms with E-state index >= 15 is 0 Å². The Balaban J connectivity index is 1.77. The lowest BCUT2D eigenvalue weighted by atomic mass is 10.1. The molecule has 6 nitrogen and oxygen atoms in total. The zero-order valence-electron chi connectivity index (χ0n) is 13.6. The van der Waals surface area contributed by atoms with Crippen LogP contribution >= 0.6 is 11.3 Å². The predicted molar refractivity (Wildman–Crippen MR) is 99.7 cm³/mol. The Morgan fingerprint density at radius 2 is 1.92 bits per heavy atom. The molecule has 3 rings (SSSR count). The van der Waals surface area contributed by atoms with Gasteiger partial charge in [0.15, 0.2) is 5.82 Å². The van der Waals surface area contributed by atoms with Crippen LogP contribution in [-0.4, -0.2) is 31.6 Å². The molecule has 0 atom stereocenters. The number of benzene rings is 2. The number of nitrogens with zero attached hydrogens (tertiary/aromatic N) is 1. The molecule has 0 unspecified atom stereocenters. The molecule has 0 fully saturated rings. The molecule has 26 heavy (non-hydrogen) atoms. The number of aromatic nitrogens is 1. The molecular weight excluding hydrogens is 377 g/mol. The molecule has 0 aliphatic rings. The van der Waals surface area contributed by atoms with E-state index < -0.39 is 21.7 Å². The van der Waals surface area contributed by atoms with Crippen LogP contribution in [0.15, 0.2) is 42.5 Å². The van der Waals surface area contributed by atoms with Crippen LogP contribution in [0, 0.1) is 5.82 Å². The highest BCUT2D eigenvalue weighted by Crippen LogP contribution is 2.30. The number of amides is 1. The second-order valence-electron chi connectivity index (χ2n) is 5.67. The molecule has 0 bridgehead atoms. The van der Waals surface area contributed by atoms with Crippen molar-refractivity contribution in [3.05, 3.63) is 53.3 Å². The van der Waals surface area contributed by atoms with Crippen molar-refractivity contribution in [2.45, 2.75) is 6.42 Å². The van der Waals surface area contributed by atoms with Crippen molar-refractivity contribution in [3.63, 3.8) is 0 Å². The lowest BCUT2D eigenvalue weighted by molar-refractivity contribution is -0.120. The number of sulfonamides is 1. The zero-order chi connectivity index (χ0) is 18.7. The van der Waals surface area contributed by atoms with Crippen molar-refractivity contribution in [2.24, 2.45) is 5.14 Å². The minimum atomic E-state index is -3.63. The van der Waals surface area contributed by atoms with Crippen LogP contribution in [-0.2, 0) is 21.2 Å². The summed E-state index contributed by atoms with van der Waals surface area (Å²) in [5.74, 6) is -1.18. The normalized spacial score (nSPS) is 11.6. The van der Waals surface area contributed by atoms with Crippen molar-refractivity contribution in [1.29, 1.82) is 0 Å². The minimum Gasteiger partial charge on any atom is -0.355 e. The van der Waals surface area contributed by atoms with Crippen molar-refractivity contribution in [2.75, 3.05) is 12.3 Å². The number of thiazole rings is 1. The van der Waals surface area contributed by atoms with E-state index in [4.69, 9.17) is 5.14 Å². The van der Waals surface area contributed by atoms with Gasteiger partial charge in [-0.3, -0.25) is 4.79 Å². The van der Waals surface area contributed by atoms with Crippen molar-refractivity contribution in [1.82, 2.24) is 10.3 Å². The van der Waals surface area contributed by atoms with E-state index in [1.807, 2.05) is 36.4 Å². The molecule has 0 saturated heterocycles. The van der Waals surface area contributed by atoms with Gasteiger partial charge in [0.2, 0.25) is 15.9 Å². The molecule has 1 amide bonds. The minimum absolute atomic E-state index is 0.0515. The number of nitrogens with one attached hydrogen (secondary N) is 1. The van der Waals surface area contributed by atoms with Gasteiger partial charge in [0.25, 0.3) is 0 Å². The lowest BCUT2D eigenvalue weighted by Gasteiger charge is -2.02. The molecule has 0 saturated carbocycles.